The summed E-state index contributed by atoms with van der Waals surface area (Å²) in [5.41, 5.74) is 2.07. The van der Waals surface area contributed by atoms with Gasteiger partial charge in [0, 0.05) is 15.9 Å². The third-order valence-corrected chi connectivity index (χ3v) is 2.27. The zero-order valence-electron chi connectivity index (χ0n) is 6.40. The van der Waals surface area contributed by atoms with Gasteiger partial charge in [0.1, 0.15) is 0 Å². The standard InChI is InChI=1S/C9H6BNS/c10-9-11-8(6-12-9)7-4-2-1-3-5-7/h1-6H. The van der Waals surface area contributed by atoms with Crippen molar-refractivity contribution >= 4 is 24.1 Å². The molecule has 0 amide bonds. The summed E-state index contributed by atoms with van der Waals surface area (Å²) < 4.78 is 0. The molecule has 0 unspecified atom stereocenters. The smallest absolute Gasteiger partial charge is 0.157 e. The van der Waals surface area contributed by atoms with Gasteiger partial charge in [0.05, 0.1) is 5.69 Å². The third-order valence-electron chi connectivity index (χ3n) is 1.59. The number of hydrogen-bond acceptors (Lipinski definition) is 2. The Bertz CT molecular complexity index is 369. The topological polar surface area (TPSA) is 12.9 Å². The van der Waals surface area contributed by atoms with Gasteiger partial charge < -0.3 is 0 Å². The number of aromatic nitrogens is 1. The van der Waals surface area contributed by atoms with Crippen LogP contribution in [-0.2, 0) is 0 Å². The lowest BCUT2D eigenvalue weighted by molar-refractivity contribution is 1.45. The van der Waals surface area contributed by atoms with Crippen molar-refractivity contribution in [2.75, 3.05) is 0 Å². The number of hydrogen-bond donors (Lipinski definition) is 0. The molecule has 1 nitrogen and oxygen atoms in total. The van der Waals surface area contributed by atoms with Gasteiger partial charge in [-0.25, -0.2) is 0 Å². The van der Waals surface area contributed by atoms with E-state index in [0.29, 0.717) is 4.91 Å². The van der Waals surface area contributed by atoms with Gasteiger partial charge in [-0.1, -0.05) is 30.3 Å². The molecule has 0 saturated carbocycles. The molecular weight excluding hydrogens is 165 g/mol. The normalized spacial score (nSPS) is 10.0. The van der Waals surface area contributed by atoms with Crippen LogP contribution in [0.1, 0.15) is 0 Å². The van der Waals surface area contributed by atoms with Crippen LogP contribution >= 0.6 is 11.3 Å². The molecule has 3 heteroatoms. The first kappa shape index (κ1) is 7.56. The van der Waals surface area contributed by atoms with E-state index in [2.05, 4.69) is 4.98 Å². The molecule has 2 radical (unpaired) electrons. The summed E-state index contributed by atoms with van der Waals surface area (Å²) in [6.45, 7) is 0. The van der Waals surface area contributed by atoms with E-state index < -0.39 is 0 Å². The van der Waals surface area contributed by atoms with Crippen molar-refractivity contribution in [2.24, 2.45) is 0 Å². The Morgan fingerprint density at radius 2 is 1.92 bits per heavy atom. The monoisotopic (exact) mass is 171 g/mol. The van der Waals surface area contributed by atoms with Crippen molar-refractivity contribution in [2.45, 2.75) is 0 Å². The molecule has 1 aromatic carbocycles. The van der Waals surface area contributed by atoms with E-state index in [9.17, 15) is 0 Å². The quantitative estimate of drug-likeness (QED) is 0.594. The second-order valence-electron chi connectivity index (χ2n) is 2.44. The van der Waals surface area contributed by atoms with Gasteiger partial charge in [0.25, 0.3) is 0 Å². The lowest BCUT2D eigenvalue weighted by atomic mass is 10.1. The first-order valence-electron chi connectivity index (χ1n) is 3.63. The van der Waals surface area contributed by atoms with Crippen LogP contribution in [0.2, 0.25) is 0 Å². The van der Waals surface area contributed by atoms with Gasteiger partial charge in [-0.15, -0.1) is 11.3 Å². The van der Waals surface area contributed by atoms with Crippen LogP contribution in [0.25, 0.3) is 11.3 Å². The fourth-order valence-electron chi connectivity index (χ4n) is 1.03. The highest BCUT2D eigenvalue weighted by Gasteiger charge is 1.98. The summed E-state index contributed by atoms with van der Waals surface area (Å²) >= 11 is 1.47. The summed E-state index contributed by atoms with van der Waals surface area (Å²) in [4.78, 5) is 4.80. The minimum Gasteiger partial charge on any atom is -0.253 e. The average Bonchev–Trinajstić information content (AvgIpc) is 2.54. The van der Waals surface area contributed by atoms with Gasteiger partial charge in [-0.3, -0.25) is 4.98 Å². The van der Waals surface area contributed by atoms with Crippen molar-refractivity contribution in [1.29, 1.82) is 0 Å². The van der Waals surface area contributed by atoms with E-state index in [1.165, 1.54) is 11.3 Å². The molecule has 0 N–H and O–H groups in total. The number of benzene rings is 1. The predicted octanol–water partition coefficient (Wildman–Crippen LogP) is 1.60. The van der Waals surface area contributed by atoms with Crippen LogP contribution in [0.4, 0.5) is 0 Å². The number of rotatable bonds is 1. The van der Waals surface area contributed by atoms with Crippen LogP contribution in [0.5, 0.6) is 0 Å². The highest BCUT2D eigenvalue weighted by atomic mass is 32.1. The Hall–Kier alpha value is -1.09. The van der Waals surface area contributed by atoms with Crippen LogP contribution in [0.3, 0.4) is 0 Å². The van der Waals surface area contributed by atoms with Gasteiger partial charge in [0.2, 0.25) is 0 Å². The SMILES string of the molecule is [B]c1nc(-c2ccccc2)cs1. The Morgan fingerprint density at radius 1 is 1.17 bits per heavy atom. The first-order chi connectivity index (χ1) is 5.86. The number of thiazole rings is 1. The molecule has 1 heterocycles. The maximum Gasteiger partial charge on any atom is 0.157 e. The predicted molar refractivity (Wildman–Crippen MR) is 52.9 cm³/mol. The minimum absolute atomic E-state index is 0.619. The molecule has 2 rings (SSSR count). The van der Waals surface area contributed by atoms with Crippen molar-refractivity contribution in [1.82, 2.24) is 4.98 Å². The molecule has 0 fully saturated rings. The van der Waals surface area contributed by atoms with E-state index in [1.54, 1.807) is 0 Å². The Balaban J connectivity index is 2.45. The van der Waals surface area contributed by atoms with E-state index in [-0.39, 0.29) is 0 Å². The van der Waals surface area contributed by atoms with E-state index in [0.717, 1.165) is 11.3 Å². The molecule has 0 aliphatic rings. The van der Waals surface area contributed by atoms with Crippen LogP contribution in [0.15, 0.2) is 35.7 Å². The highest BCUT2D eigenvalue weighted by molar-refractivity contribution is 7.18. The first-order valence-corrected chi connectivity index (χ1v) is 4.50. The maximum absolute atomic E-state index is 5.52. The molecule has 0 aliphatic heterocycles. The fourth-order valence-corrected chi connectivity index (χ4v) is 1.60. The number of nitrogens with zero attached hydrogens (tertiary/aromatic N) is 1. The summed E-state index contributed by atoms with van der Waals surface area (Å²) in [6, 6.07) is 10.0. The molecule has 0 aliphatic carbocycles. The Morgan fingerprint density at radius 3 is 2.50 bits per heavy atom. The van der Waals surface area contributed by atoms with Crippen molar-refractivity contribution < 1.29 is 0 Å². The maximum atomic E-state index is 5.52. The lowest BCUT2D eigenvalue weighted by Gasteiger charge is -1.92. The van der Waals surface area contributed by atoms with Gasteiger partial charge in [-0.2, -0.15) is 0 Å². The van der Waals surface area contributed by atoms with Crippen LogP contribution in [-0.4, -0.2) is 12.8 Å². The molecule has 0 spiro atoms. The lowest BCUT2D eigenvalue weighted by Crippen LogP contribution is -1.97. The minimum atomic E-state index is 0.619. The summed E-state index contributed by atoms with van der Waals surface area (Å²) in [6.07, 6.45) is 0. The second-order valence-corrected chi connectivity index (χ2v) is 3.33. The molecule has 0 saturated heterocycles. The molecular formula is C9H6BNS. The van der Waals surface area contributed by atoms with E-state index in [4.69, 9.17) is 7.85 Å². The molecule has 12 heavy (non-hydrogen) atoms. The van der Waals surface area contributed by atoms with Gasteiger partial charge >= 0.3 is 0 Å². The Kier molecular flexibility index (Phi) is 1.96. The third kappa shape index (κ3) is 1.41. The van der Waals surface area contributed by atoms with Crippen molar-refractivity contribution in [3.8, 4) is 11.3 Å². The van der Waals surface area contributed by atoms with Gasteiger partial charge in [-0.05, 0) is 0 Å². The highest BCUT2D eigenvalue weighted by Crippen LogP contribution is 2.16. The molecule has 1 aromatic heterocycles. The van der Waals surface area contributed by atoms with E-state index in [1.807, 2.05) is 35.7 Å². The largest absolute Gasteiger partial charge is 0.253 e. The summed E-state index contributed by atoms with van der Waals surface area (Å²) in [5, 5.41) is 1.96. The molecule has 0 bridgehead atoms. The second kappa shape index (κ2) is 3.11. The molecule has 2 aromatic rings. The van der Waals surface area contributed by atoms with Crippen LogP contribution in [0, 0.1) is 0 Å². The van der Waals surface area contributed by atoms with Crippen molar-refractivity contribution in [3.05, 3.63) is 35.7 Å². The van der Waals surface area contributed by atoms with E-state index >= 15 is 0 Å². The zero-order chi connectivity index (χ0) is 8.39. The average molecular weight is 171 g/mol. The summed E-state index contributed by atoms with van der Waals surface area (Å²) in [5.74, 6) is 0. The molecule has 56 valence electrons. The summed E-state index contributed by atoms with van der Waals surface area (Å²) in [7, 11) is 5.52. The van der Waals surface area contributed by atoms with Crippen molar-refractivity contribution in [3.63, 3.8) is 0 Å². The Labute approximate surface area is 76.5 Å². The fraction of sp³-hybridized carbons (Fsp3) is 0. The zero-order valence-corrected chi connectivity index (χ0v) is 7.21. The van der Waals surface area contributed by atoms with Crippen LogP contribution < -0.4 is 4.91 Å². The molecule has 0 atom stereocenters. The van der Waals surface area contributed by atoms with Gasteiger partial charge in [0.15, 0.2) is 7.85 Å².